The largest absolute Gasteiger partial charge is 0.480 e. The fraction of sp³-hybridized carbons (Fsp3) is 0.867. The third-order valence-corrected chi connectivity index (χ3v) is 6.44. The van der Waals surface area contributed by atoms with Gasteiger partial charge in [-0.25, -0.2) is 4.79 Å². The van der Waals surface area contributed by atoms with Gasteiger partial charge in [0.2, 0.25) is 5.91 Å². The Balaban J connectivity index is 1.65. The van der Waals surface area contributed by atoms with Gasteiger partial charge < -0.3 is 10.0 Å². The molecule has 0 aromatic rings. The zero-order chi connectivity index (χ0) is 14.1. The van der Waals surface area contributed by atoms with Crippen LogP contribution >= 0.6 is 11.8 Å². The molecule has 0 aromatic carbocycles. The van der Waals surface area contributed by atoms with Crippen molar-refractivity contribution in [3.63, 3.8) is 0 Å². The molecule has 0 unspecified atom stereocenters. The lowest BCUT2D eigenvalue weighted by molar-refractivity contribution is -0.153. The number of hydrogen-bond donors (Lipinski definition) is 1. The van der Waals surface area contributed by atoms with Gasteiger partial charge in [-0.3, -0.25) is 4.79 Å². The van der Waals surface area contributed by atoms with Crippen molar-refractivity contribution in [3.05, 3.63) is 0 Å². The quantitative estimate of drug-likeness (QED) is 0.870. The third kappa shape index (κ3) is 2.69. The van der Waals surface area contributed by atoms with E-state index < -0.39 is 12.0 Å². The maximum atomic E-state index is 12.6. The molecule has 4 nitrogen and oxygen atoms in total. The molecule has 0 spiro atoms. The van der Waals surface area contributed by atoms with E-state index in [1.54, 1.807) is 16.7 Å². The average molecular weight is 297 g/mol. The number of fused-ring (bicyclic) bond motifs is 1. The van der Waals surface area contributed by atoms with Gasteiger partial charge in [-0.05, 0) is 25.2 Å². The zero-order valence-corrected chi connectivity index (χ0v) is 12.6. The van der Waals surface area contributed by atoms with E-state index >= 15 is 0 Å². The van der Waals surface area contributed by atoms with Crippen molar-refractivity contribution in [2.75, 3.05) is 5.75 Å². The summed E-state index contributed by atoms with van der Waals surface area (Å²) in [6, 6.07) is -0.591. The van der Waals surface area contributed by atoms with Gasteiger partial charge in [0.05, 0.1) is 5.37 Å². The molecule has 2 aliphatic heterocycles. The Hall–Kier alpha value is -0.710. The number of aliphatic carboxylic acids is 1. The summed E-state index contributed by atoms with van der Waals surface area (Å²) in [7, 11) is 0. The number of hydrogen-bond acceptors (Lipinski definition) is 3. The summed E-state index contributed by atoms with van der Waals surface area (Å²) in [6.45, 7) is 0. The van der Waals surface area contributed by atoms with E-state index in [4.69, 9.17) is 0 Å². The Labute approximate surface area is 124 Å². The summed E-state index contributed by atoms with van der Waals surface area (Å²) < 4.78 is 0. The molecule has 5 heteroatoms. The topological polar surface area (TPSA) is 57.6 Å². The van der Waals surface area contributed by atoms with Crippen LogP contribution in [-0.4, -0.2) is 39.1 Å². The van der Waals surface area contributed by atoms with E-state index in [-0.39, 0.29) is 17.2 Å². The van der Waals surface area contributed by atoms with Crippen molar-refractivity contribution in [1.82, 2.24) is 4.90 Å². The summed E-state index contributed by atoms with van der Waals surface area (Å²) in [5.41, 5.74) is 0. The third-order valence-electron chi connectivity index (χ3n) is 5.09. The summed E-state index contributed by atoms with van der Waals surface area (Å²) in [4.78, 5) is 25.6. The van der Waals surface area contributed by atoms with Crippen LogP contribution in [0.3, 0.4) is 0 Å². The fourth-order valence-electron chi connectivity index (χ4n) is 3.99. The van der Waals surface area contributed by atoms with Gasteiger partial charge in [-0.15, -0.1) is 11.8 Å². The van der Waals surface area contributed by atoms with Crippen LogP contribution in [0.25, 0.3) is 0 Å². The van der Waals surface area contributed by atoms with E-state index in [1.165, 1.54) is 32.1 Å². The van der Waals surface area contributed by atoms with Crippen molar-refractivity contribution in [2.45, 2.75) is 62.8 Å². The van der Waals surface area contributed by atoms with E-state index in [0.717, 1.165) is 19.3 Å². The number of piperidine rings is 1. The highest BCUT2D eigenvalue weighted by atomic mass is 32.2. The number of nitrogens with zero attached hydrogens (tertiary/aromatic N) is 1. The number of carbonyl (C=O) groups excluding carboxylic acids is 1. The molecule has 3 fully saturated rings. The van der Waals surface area contributed by atoms with Crippen LogP contribution in [0.2, 0.25) is 0 Å². The van der Waals surface area contributed by atoms with Crippen molar-refractivity contribution in [2.24, 2.45) is 11.8 Å². The second kappa shape index (κ2) is 5.96. The first-order valence-electron chi connectivity index (χ1n) is 7.83. The number of amides is 1. The highest BCUT2D eigenvalue weighted by Crippen LogP contribution is 2.41. The molecular weight excluding hydrogens is 274 g/mol. The molecule has 0 aromatic heterocycles. The molecule has 3 atom stereocenters. The Morgan fingerprint density at radius 2 is 1.95 bits per heavy atom. The number of carbonyl (C=O) groups is 2. The highest BCUT2D eigenvalue weighted by Gasteiger charge is 2.46. The van der Waals surface area contributed by atoms with Crippen LogP contribution < -0.4 is 0 Å². The van der Waals surface area contributed by atoms with Crippen molar-refractivity contribution in [1.29, 1.82) is 0 Å². The zero-order valence-electron chi connectivity index (χ0n) is 11.8. The van der Waals surface area contributed by atoms with Gasteiger partial charge in [-0.2, -0.15) is 0 Å². The van der Waals surface area contributed by atoms with Crippen LogP contribution in [0.5, 0.6) is 0 Å². The molecule has 1 aliphatic carbocycles. The molecule has 20 heavy (non-hydrogen) atoms. The molecule has 1 saturated carbocycles. The molecule has 0 bridgehead atoms. The highest BCUT2D eigenvalue weighted by molar-refractivity contribution is 8.00. The second-order valence-corrected chi connectivity index (χ2v) is 7.61. The lowest BCUT2D eigenvalue weighted by Crippen LogP contribution is -2.51. The number of carboxylic acids is 1. The van der Waals surface area contributed by atoms with Gasteiger partial charge in [-0.1, -0.05) is 32.1 Å². The smallest absolute Gasteiger partial charge is 0.327 e. The van der Waals surface area contributed by atoms with Crippen LogP contribution in [0, 0.1) is 11.8 Å². The molecule has 3 rings (SSSR count). The first-order valence-corrected chi connectivity index (χ1v) is 8.88. The average Bonchev–Trinajstić information content (AvgIpc) is 2.88. The normalized spacial score (nSPS) is 35.1. The van der Waals surface area contributed by atoms with E-state index in [1.807, 2.05) is 0 Å². The second-order valence-electron chi connectivity index (χ2n) is 6.40. The predicted molar refractivity (Wildman–Crippen MR) is 78.4 cm³/mol. The maximum Gasteiger partial charge on any atom is 0.327 e. The van der Waals surface area contributed by atoms with Crippen LogP contribution in [0.15, 0.2) is 0 Å². The van der Waals surface area contributed by atoms with Crippen LogP contribution in [0.1, 0.15) is 51.4 Å². The minimum absolute atomic E-state index is 0.0786. The predicted octanol–water partition coefficient (Wildman–Crippen LogP) is 2.72. The first kappa shape index (κ1) is 14.2. The van der Waals surface area contributed by atoms with Gasteiger partial charge in [0, 0.05) is 11.7 Å². The van der Waals surface area contributed by atoms with Crippen LogP contribution in [0.4, 0.5) is 0 Å². The number of carboxylic acid groups (broad SMARTS) is 1. The van der Waals surface area contributed by atoms with Crippen LogP contribution in [-0.2, 0) is 9.59 Å². The SMILES string of the molecule is O=C(O)[C@@H]1CS[C@H]2CC[C@@H](CC3CCCCC3)C(=O)N21. The van der Waals surface area contributed by atoms with E-state index in [9.17, 15) is 14.7 Å². The molecule has 1 N–H and O–H groups in total. The van der Waals surface area contributed by atoms with Crippen molar-refractivity contribution >= 4 is 23.6 Å². The first-order chi connectivity index (χ1) is 9.66. The summed E-state index contributed by atoms with van der Waals surface area (Å²) in [5, 5.41) is 9.39. The lowest BCUT2D eigenvalue weighted by Gasteiger charge is -2.37. The monoisotopic (exact) mass is 297 g/mol. The van der Waals surface area contributed by atoms with E-state index in [0.29, 0.717) is 11.7 Å². The molecule has 3 aliphatic rings. The van der Waals surface area contributed by atoms with Crippen molar-refractivity contribution < 1.29 is 14.7 Å². The molecular formula is C15H23NO3S. The van der Waals surface area contributed by atoms with Gasteiger partial charge in [0.1, 0.15) is 6.04 Å². The standard InChI is InChI=1S/C15H23NO3S/c17-14-11(8-10-4-2-1-3-5-10)6-7-13-16(14)12(9-20-13)15(18)19/h10-13H,1-9H2,(H,18,19)/t11-,12-,13-/m0/s1. The summed E-state index contributed by atoms with van der Waals surface area (Å²) >= 11 is 1.64. The van der Waals surface area contributed by atoms with Gasteiger partial charge >= 0.3 is 5.97 Å². The molecule has 112 valence electrons. The molecule has 2 heterocycles. The molecule has 2 saturated heterocycles. The van der Waals surface area contributed by atoms with Gasteiger partial charge in [0.25, 0.3) is 0 Å². The fourth-order valence-corrected chi connectivity index (χ4v) is 5.42. The lowest BCUT2D eigenvalue weighted by atomic mass is 9.80. The summed E-state index contributed by atoms with van der Waals surface area (Å²) in [5.74, 6) is 0.598. The Bertz CT molecular complexity index is 395. The number of rotatable bonds is 3. The van der Waals surface area contributed by atoms with E-state index in [2.05, 4.69) is 0 Å². The Kier molecular flexibility index (Phi) is 4.24. The summed E-state index contributed by atoms with van der Waals surface area (Å²) in [6.07, 6.45) is 9.35. The maximum absolute atomic E-state index is 12.6. The van der Waals surface area contributed by atoms with Gasteiger partial charge in [0.15, 0.2) is 0 Å². The molecule has 0 radical (unpaired) electrons. The number of thioether (sulfide) groups is 1. The minimum atomic E-state index is -0.841. The van der Waals surface area contributed by atoms with Crippen molar-refractivity contribution in [3.8, 4) is 0 Å². The Morgan fingerprint density at radius 3 is 2.65 bits per heavy atom. The molecule has 1 amide bonds. The minimum Gasteiger partial charge on any atom is -0.480 e. The Morgan fingerprint density at radius 1 is 1.20 bits per heavy atom.